The number of esters is 1. The summed E-state index contributed by atoms with van der Waals surface area (Å²) >= 11 is 0. The Hall–Kier alpha value is -3.04. The van der Waals surface area contributed by atoms with Crippen LogP contribution in [-0.2, 0) is 24.3 Å². The normalized spacial score (nSPS) is 10.9. The average Bonchev–Trinajstić information content (AvgIpc) is 2.66. The van der Waals surface area contributed by atoms with E-state index in [4.69, 9.17) is 4.74 Å². The van der Waals surface area contributed by atoms with E-state index in [1.54, 1.807) is 42.5 Å². The first-order valence-corrected chi connectivity index (χ1v) is 9.38. The summed E-state index contributed by atoms with van der Waals surface area (Å²) in [5.74, 6) is -1.79. The molecule has 2 aromatic rings. The SMILES string of the molecule is CC(=O)c1ccccc1NC(=O)COC(=O)CNS(=O)(=O)c1ccccc1. The van der Waals surface area contributed by atoms with Gasteiger partial charge >= 0.3 is 5.97 Å². The molecule has 0 atom stereocenters. The van der Waals surface area contributed by atoms with E-state index in [0.29, 0.717) is 11.3 Å². The highest BCUT2D eigenvalue weighted by Crippen LogP contribution is 2.15. The lowest BCUT2D eigenvalue weighted by molar-refractivity contribution is -0.146. The van der Waals surface area contributed by atoms with Crippen LogP contribution in [0.2, 0.25) is 0 Å². The Morgan fingerprint density at radius 2 is 1.59 bits per heavy atom. The van der Waals surface area contributed by atoms with Crippen molar-refractivity contribution in [3.05, 3.63) is 60.2 Å². The van der Waals surface area contributed by atoms with Crippen molar-refractivity contribution in [1.82, 2.24) is 4.72 Å². The second-order valence-corrected chi connectivity index (χ2v) is 7.22. The number of ether oxygens (including phenoxy) is 1. The summed E-state index contributed by atoms with van der Waals surface area (Å²) in [5.41, 5.74) is 0.628. The van der Waals surface area contributed by atoms with Gasteiger partial charge in [0.05, 0.1) is 10.6 Å². The van der Waals surface area contributed by atoms with Crippen LogP contribution in [0.5, 0.6) is 0 Å². The Kier molecular flexibility index (Phi) is 6.80. The van der Waals surface area contributed by atoms with Crippen LogP contribution < -0.4 is 10.0 Å². The number of ketones is 1. The highest BCUT2D eigenvalue weighted by atomic mass is 32.2. The molecule has 2 N–H and O–H groups in total. The van der Waals surface area contributed by atoms with Crippen molar-refractivity contribution >= 4 is 33.4 Å². The van der Waals surface area contributed by atoms with Crippen molar-refractivity contribution in [2.45, 2.75) is 11.8 Å². The number of hydrogen-bond acceptors (Lipinski definition) is 6. The summed E-state index contributed by atoms with van der Waals surface area (Å²) in [6, 6.07) is 13.9. The molecule has 0 aliphatic heterocycles. The van der Waals surface area contributed by atoms with Crippen LogP contribution in [0.3, 0.4) is 0 Å². The smallest absolute Gasteiger partial charge is 0.321 e. The molecule has 0 unspecified atom stereocenters. The van der Waals surface area contributed by atoms with Gasteiger partial charge in [0, 0.05) is 5.56 Å². The number of carbonyl (C=O) groups is 3. The number of carbonyl (C=O) groups excluding carboxylic acids is 3. The third-order valence-corrected chi connectivity index (χ3v) is 4.82. The van der Waals surface area contributed by atoms with Gasteiger partial charge < -0.3 is 10.1 Å². The average molecular weight is 390 g/mol. The molecular weight excluding hydrogens is 372 g/mol. The maximum absolute atomic E-state index is 12.0. The molecule has 0 saturated heterocycles. The number of amides is 1. The second-order valence-electron chi connectivity index (χ2n) is 5.45. The molecule has 0 spiro atoms. The third kappa shape index (κ3) is 6.01. The number of nitrogens with one attached hydrogen (secondary N) is 2. The van der Waals surface area contributed by atoms with Crippen molar-refractivity contribution in [2.24, 2.45) is 0 Å². The fourth-order valence-corrected chi connectivity index (χ4v) is 3.11. The molecule has 1 amide bonds. The molecule has 9 heteroatoms. The zero-order chi connectivity index (χ0) is 19.9. The minimum Gasteiger partial charge on any atom is -0.455 e. The number of Topliss-reactive ketones (excluding diaryl/α,β-unsaturated/α-hetero) is 1. The van der Waals surface area contributed by atoms with Gasteiger partial charge in [-0.05, 0) is 31.2 Å². The van der Waals surface area contributed by atoms with Gasteiger partial charge in [-0.1, -0.05) is 30.3 Å². The van der Waals surface area contributed by atoms with Crippen LogP contribution in [0.1, 0.15) is 17.3 Å². The minimum absolute atomic E-state index is 0.0105. The number of benzene rings is 2. The summed E-state index contributed by atoms with van der Waals surface area (Å²) in [6.07, 6.45) is 0. The van der Waals surface area contributed by atoms with Gasteiger partial charge in [0.1, 0.15) is 6.54 Å². The molecule has 2 aromatic carbocycles. The Morgan fingerprint density at radius 3 is 2.26 bits per heavy atom. The van der Waals surface area contributed by atoms with E-state index in [9.17, 15) is 22.8 Å². The second kappa shape index (κ2) is 9.06. The molecule has 27 heavy (non-hydrogen) atoms. The first-order chi connectivity index (χ1) is 12.8. The zero-order valence-corrected chi connectivity index (χ0v) is 15.3. The third-order valence-electron chi connectivity index (χ3n) is 3.40. The number of sulfonamides is 1. The van der Waals surface area contributed by atoms with Crippen molar-refractivity contribution < 1.29 is 27.5 Å². The lowest BCUT2D eigenvalue weighted by Gasteiger charge is -2.10. The Balaban J connectivity index is 1.84. The Bertz CT molecular complexity index is 941. The molecule has 0 saturated carbocycles. The van der Waals surface area contributed by atoms with Crippen LogP contribution in [0.4, 0.5) is 5.69 Å². The molecule has 0 aliphatic rings. The topological polar surface area (TPSA) is 119 Å². The van der Waals surface area contributed by atoms with Crippen LogP contribution >= 0.6 is 0 Å². The predicted octanol–water partition coefficient (Wildman–Crippen LogP) is 1.35. The van der Waals surface area contributed by atoms with E-state index >= 15 is 0 Å². The highest BCUT2D eigenvalue weighted by Gasteiger charge is 2.16. The number of anilines is 1. The lowest BCUT2D eigenvalue weighted by atomic mass is 10.1. The number of rotatable bonds is 8. The largest absolute Gasteiger partial charge is 0.455 e. The molecule has 0 aromatic heterocycles. The van der Waals surface area contributed by atoms with Crippen LogP contribution in [0.25, 0.3) is 0 Å². The summed E-state index contributed by atoms with van der Waals surface area (Å²) in [7, 11) is -3.85. The van der Waals surface area contributed by atoms with Crippen molar-refractivity contribution in [1.29, 1.82) is 0 Å². The standard InChI is InChI=1S/C18H18N2O6S/c1-13(21)15-9-5-6-10-16(15)20-17(22)12-26-18(23)11-19-27(24,25)14-7-3-2-4-8-14/h2-10,19H,11-12H2,1H3,(H,20,22). The predicted molar refractivity (Wildman–Crippen MR) is 97.7 cm³/mol. The Morgan fingerprint density at radius 1 is 0.963 bits per heavy atom. The van der Waals surface area contributed by atoms with E-state index in [1.807, 2.05) is 0 Å². The quantitative estimate of drug-likeness (QED) is 0.519. The van der Waals surface area contributed by atoms with Crippen LogP contribution in [0, 0.1) is 0 Å². The molecule has 0 radical (unpaired) electrons. The maximum atomic E-state index is 12.0. The first-order valence-electron chi connectivity index (χ1n) is 7.90. The van der Waals surface area contributed by atoms with Gasteiger partial charge in [0.2, 0.25) is 10.0 Å². The van der Waals surface area contributed by atoms with E-state index in [-0.39, 0.29) is 10.7 Å². The lowest BCUT2D eigenvalue weighted by Crippen LogP contribution is -2.32. The molecule has 0 bridgehead atoms. The monoisotopic (exact) mass is 390 g/mol. The van der Waals surface area contributed by atoms with Gasteiger partial charge in [0.15, 0.2) is 12.4 Å². The molecule has 142 valence electrons. The molecule has 0 aliphatic carbocycles. The number of para-hydroxylation sites is 1. The molecule has 0 fully saturated rings. The summed E-state index contributed by atoms with van der Waals surface area (Å²) in [5, 5.41) is 2.47. The van der Waals surface area contributed by atoms with Gasteiger partial charge in [-0.25, -0.2) is 8.42 Å². The van der Waals surface area contributed by atoms with E-state index in [1.165, 1.54) is 19.1 Å². The minimum atomic E-state index is -3.85. The van der Waals surface area contributed by atoms with Crippen molar-refractivity contribution in [2.75, 3.05) is 18.5 Å². The van der Waals surface area contributed by atoms with Gasteiger partial charge in [-0.3, -0.25) is 14.4 Å². The molecule has 0 heterocycles. The van der Waals surface area contributed by atoms with E-state index in [2.05, 4.69) is 10.0 Å². The summed E-state index contributed by atoms with van der Waals surface area (Å²) in [6.45, 7) is 0.135. The Labute approximate surface area is 156 Å². The van der Waals surface area contributed by atoms with Crippen molar-refractivity contribution in [3.63, 3.8) is 0 Å². The van der Waals surface area contributed by atoms with Gasteiger partial charge in [0.25, 0.3) is 5.91 Å². The van der Waals surface area contributed by atoms with Gasteiger partial charge in [-0.15, -0.1) is 0 Å². The van der Waals surface area contributed by atoms with E-state index in [0.717, 1.165) is 0 Å². The van der Waals surface area contributed by atoms with Gasteiger partial charge in [-0.2, -0.15) is 4.72 Å². The highest BCUT2D eigenvalue weighted by molar-refractivity contribution is 7.89. The van der Waals surface area contributed by atoms with E-state index < -0.39 is 35.1 Å². The summed E-state index contributed by atoms with van der Waals surface area (Å²) < 4.78 is 30.8. The maximum Gasteiger partial charge on any atom is 0.321 e. The molecular formula is C18H18N2O6S. The number of hydrogen-bond donors (Lipinski definition) is 2. The molecule has 2 rings (SSSR count). The molecule has 8 nitrogen and oxygen atoms in total. The van der Waals surface area contributed by atoms with Crippen LogP contribution in [0.15, 0.2) is 59.5 Å². The van der Waals surface area contributed by atoms with Crippen molar-refractivity contribution in [3.8, 4) is 0 Å². The fraction of sp³-hybridized carbons (Fsp3) is 0.167. The summed E-state index contributed by atoms with van der Waals surface area (Å²) in [4.78, 5) is 35.1. The fourth-order valence-electron chi connectivity index (χ4n) is 2.12. The zero-order valence-electron chi connectivity index (χ0n) is 14.5. The first kappa shape index (κ1) is 20.3. The van der Waals surface area contributed by atoms with Crippen LogP contribution in [-0.4, -0.2) is 39.2 Å².